The lowest BCUT2D eigenvalue weighted by Gasteiger charge is -2.31. The van der Waals surface area contributed by atoms with E-state index in [0.29, 0.717) is 24.5 Å². The first-order chi connectivity index (χ1) is 15.1. The Morgan fingerprint density at radius 3 is 2.81 bits per heavy atom. The van der Waals surface area contributed by atoms with Crippen LogP contribution in [-0.4, -0.2) is 26.8 Å². The van der Waals surface area contributed by atoms with Crippen LogP contribution in [0.1, 0.15) is 75.2 Å². The first kappa shape index (κ1) is 22.3. The van der Waals surface area contributed by atoms with Crippen LogP contribution in [0.2, 0.25) is 0 Å². The summed E-state index contributed by atoms with van der Waals surface area (Å²) in [6, 6.07) is 2.34. The zero-order valence-corrected chi connectivity index (χ0v) is 19.8. The van der Waals surface area contributed by atoms with E-state index in [-0.39, 0.29) is 17.2 Å². The number of nitriles is 1. The fraction of sp³-hybridized carbons (Fsp3) is 0.652. The molecule has 0 unspecified atom stereocenters. The zero-order valence-electron chi connectivity index (χ0n) is 18.2. The van der Waals surface area contributed by atoms with Crippen LogP contribution in [0.3, 0.4) is 0 Å². The second kappa shape index (κ2) is 9.74. The molecule has 31 heavy (non-hydrogen) atoms. The maximum atomic E-state index is 13.4. The van der Waals surface area contributed by atoms with E-state index in [4.69, 9.17) is 4.98 Å². The average molecular weight is 459 g/mol. The minimum atomic E-state index is -0.734. The van der Waals surface area contributed by atoms with Crippen LogP contribution in [0.4, 0.5) is 0 Å². The highest BCUT2D eigenvalue weighted by molar-refractivity contribution is 7.99. The normalized spacial score (nSPS) is 17.4. The summed E-state index contributed by atoms with van der Waals surface area (Å²) in [5.74, 6) is 0.0110. The van der Waals surface area contributed by atoms with Crippen molar-refractivity contribution in [3.05, 3.63) is 20.8 Å². The van der Waals surface area contributed by atoms with E-state index in [2.05, 4.69) is 18.3 Å². The molecular weight excluding hydrogens is 428 g/mol. The van der Waals surface area contributed by atoms with Crippen LogP contribution in [-0.2, 0) is 24.2 Å². The quantitative estimate of drug-likeness (QED) is 0.356. The Hall–Kier alpha value is -1.85. The number of carbonyl (C=O) groups excluding carboxylic acids is 1. The molecule has 0 atom stereocenters. The van der Waals surface area contributed by atoms with Crippen molar-refractivity contribution in [2.24, 2.45) is 0 Å². The maximum Gasteiger partial charge on any atom is 0.263 e. The van der Waals surface area contributed by atoms with Crippen LogP contribution in [0.15, 0.2) is 9.95 Å². The third-order valence-electron chi connectivity index (χ3n) is 6.41. The Kier molecular flexibility index (Phi) is 7.02. The van der Waals surface area contributed by atoms with Crippen LogP contribution >= 0.6 is 23.1 Å². The summed E-state index contributed by atoms with van der Waals surface area (Å²) >= 11 is 2.95. The van der Waals surface area contributed by atoms with Gasteiger partial charge in [-0.3, -0.25) is 14.2 Å². The molecule has 2 aromatic rings. The minimum Gasteiger partial charge on any atom is -0.337 e. The molecule has 1 amide bonds. The number of thioether (sulfide) groups is 1. The third-order valence-corrected chi connectivity index (χ3v) is 8.57. The summed E-state index contributed by atoms with van der Waals surface area (Å²) in [4.78, 5) is 33.0. The van der Waals surface area contributed by atoms with Gasteiger partial charge < -0.3 is 5.32 Å². The molecule has 1 saturated carbocycles. The molecule has 2 heterocycles. The molecule has 0 aromatic carbocycles. The highest BCUT2D eigenvalue weighted by Crippen LogP contribution is 2.35. The standard InChI is InChI=1S/C23H30N4O2S2/c1-2-3-7-13-27-21(29)19-16-9-8-10-17(16)31-20(19)25-22(27)30-14-18(28)26-23(15-24)11-5-4-6-12-23/h2-14H2,1H3,(H,26,28). The monoisotopic (exact) mass is 458 g/mol. The third kappa shape index (κ3) is 4.68. The zero-order chi connectivity index (χ0) is 21.8. The lowest BCUT2D eigenvalue weighted by molar-refractivity contribution is -0.120. The number of carbonyl (C=O) groups is 1. The number of rotatable bonds is 8. The van der Waals surface area contributed by atoms with E-state index in [9.17, 15) is 14.9 Å². The lowest BCUT2D eigenvalue weighted by Crippen LogP contribution is -2.49. The van der Waals surface area contributed by atoms with Crippen molar-refractivity contribution in [3.63, 3.8) is 0 Å². The fourth-order valence-electron chi connectivity index (χ4n) is 4.74. The molecule has 166 valence electrons. The van der Waals surface area contributed by atoms with Crippen molar-refractivity contribution in [1.82, 2.24) is 14.9 Å². The number of thiophene rings is 1. The van der Waals surface area contributed by atoms with Gasteiger partial charge in [-0.05, 0) is 44.1 Å². The summed E-state index contributed by atoms with van der Waals surface area (Å²) in [5, 5.41) is 14.0. The highest BCUT2D eigenvalue weighted by atomic mass is 32.2. The summed E-state index contributed by atoms with van der Waals surface area (Å²) in [6.07, 6.45) is 10.7. The highest BCUT2D eigenvalue weighted by Gasteiger charge is 2.33. The Bertz CT molecular complexity index is 1060. The van der Waals surface area contributed by atoms with Gasteiger partial charge in [-0.2, -0.15) is 5.26 Å². The van der Waals surface area contributed by atoms with Crippen molar-refractivity contribution < 1.29 is 4.79 Å². The van der Waals surface area contributed by atoms with Crippen LogP contribution in [0.25, 0.3) is 10.2 Å². The van der Waals surface area contributed by atoms with Crippen molar-refractivity contribution in [1.29, 1.82) is 5.26 Å². The van der Waals surface area contributed by atoms with E-state index in [0.717, 1.165) is 68.0 Å². The number of hydrogen-bond acceptors (Lipinski definition) is 6. The average Bonchev–Trinajstić information content (AvgIpc) is 3.35. The summed E-state index contributed by atoms with van der Waals surface area (Å²) in [5.41, 5.74) is 0.510. The largest absolute Gasteiger partial charge is 0.337 e. The van der Waals surface area contributed by atoms with Gasteiger partial charge in [-0.1, -0.05) is 50.8 Å². The molecular formula is C23H30N4O2S2. The Morgan fingerprint density at radius 1 is 1.26 bits per heavy atom. The van der Waals surface area contributed by atoms with Gasteiger partial charge in [0.15, 0.2) is 5.16 Å². The van der Waals surface area contributed by atoms with Gasteiger partial charge >= 0.3 is 0 Å². The van der Waals surface area contributed by atoms with Gasteiger partial charge in [0.05, 0.1) is 17.2 Å². The number of aryl methyl sites for hydroxylation is 2. The Morgan fingerprint density at radius 2 is 2.06 bits per heavy atom. The predicted octanol–water partition coefficient (Wildman–Crippen LogP) is 4.57. The molecule has 2 aromatic heterocycles. The SMILES string of the molecule is CCCCCn1c(SCC(=O)NC2(C#N)CCCCC2)nc2sc3c(c2c1=O)CCC3. The van der Waals surface area contributed by atoms with Crippen LogP contribution in [0.5, 0.6) is 0 Å². The smallest absolute Gasteiger partial charge is 0.263 e. The molecule has 0 spiro atoms. The topological polar surface area (TPSA) is 87.8 Å². The molecule has 6 nitrogen and oxygen atoms in total. The van der Waals surface area contributed by atoms with Crippen molar-refractivity contribution in [2.75, 3.05) is 5.75 Å². The van der Waals surface area contributed by atoms with Crippen molar-refractivity contribution >= 4 is 39.2 Å². The second-order valence-electron chi connectivity index (χ2n) is 8.69. The van der Waals surface area contributed by atoms with Crippen molar-refractivity contribution in [2.45, 2.75) is 94.8 Å². The predicted molar refractivity (Wildman–Crippen MR) is 126 cm³/mol. The van der Waals surface area contributed by atoms with Gasteiger partial charge in [-0.25, -0.2) is 4.98 Å². The molecule has 1 fully saturated rings. The fourth-order valence-corrected chi connectivity index (χ4v) is 6.87. The molecule has 8 heteroatoms. The second-order valence-corrected chi connectivity index (χ2v) is 10.7. The number of hydrogen-bond donors (Lipinski definition) is 1. The number of nitrogens with zero attached hydrogens (tertiary/aromatic N) is 3. The molecule has 0 radical (unpaired) electrons. The Labute approximate surface area is 191 Å². The van der Waals surface area contributed by atoms with Gasteiger partial charge in [0.25, 0.3) is 5.56 Å². The van der Waals surface area contributed by atoms with Crippen LogP contribution in [0, 0.1) is 11.3 Å². The lowest BCUT2D eigenvalue weighted by atomic mass is 9.83. The molecule has 1 N–H and O–H groups in total. The van der Waals surface area contributed by atoms with E-state index >= 15 is 0 Å². The molecule has 2 aliphatic rings. The van der Waals surface area contributed by atoms with Gasteiger partial charge in [-0.15, -0.1) is 11.3 Å². The number of aromatic nitrogens is 2. The van der Waals surface area contributed by atoms with Gasteiger partial charge in [0.2, 0.25) is 5.91 Å². The van der Waals surface area contributed by atoms with E-state index in [1.165, 1.54) is 22.2 Å². The molecule has 4 rings (SSSR count). The number of unbranched alkanes of at least 4 members (excludes halogenated alkanes) is 2. The molecule has 0 bridgehead atoms. The maximum absolute atomic E-state index is 13.4. The summed E-state index contributed by atoms with van der Waals surface area (Å²) in [7, 11) is 0. The Balaban J connectivity index is 1.56. The molecule has 0 aliphatic heterocycles. The first-order valence-corrected chi connectivity index (χ1v) is 13.3. The number of fused-ring (bicyclic) bond motifs is 3. The number of nitrogens with one attached hydrogen (secondary N) is 1. The van der Waals surface area contributed by atoms with E-state index in [1.54, 1.807) is 15.9 Å². The van der Waals surface area contributed by atoms with Gasteiger partial charge in [0.1, 0.15) is 10.4 Å². The first-order valence-electron chi connectivity index (χ1n) is 11.5. The number of amides is 1. The van der Waals surface area contributed by atoms with E-state index < -0.39 is 5.54 Å². The van der Waals surface area contributed by atoms with Gasteiger partial charge in [0, 0.05) is 11.4 Å². The summed E-state index contributed by atoms with van der Waals surface area (Å²) in [6.45, 7) is 2.78. The molecule has 2 aliphatic carbocycles. The summed E-state index contributed by atoms with van der Waals surface area (Å²) < 4.78 is 1.78. The van der Waals surface area contributed by atoms with Crippen molar-refractivity contribution in [3.8, 4) is 6.07 Å². The minimum absolute atomic E-state index is 0.0455. The molecule has 0 saturated heterocycles. The van der Waals surface area contributed by atoms with Crippen LogP contribution < -0.4 is 10.9 Å². The van der Waals surface area contributed by atoms with E-state index in [1.807, 2.05) is 0 Å².